The van der Waals surface area contributed by atoms with Crippen molar-refractivity contribution in [1.29, 1.82) is 0 Å². The zero-order valence-electron chi connectivity index (χ0n) is 12.5. The molecule has 1 rings (SSSR count). The SMILES string of the molecule is CCC(CC)CN(CC(=O)OC)C(=O)c1cnc(Cl)cn1. The Morgan fingerprint density at radius 2 is 1.95 bits per heavy atom. The molecule has 0 aromatic carbocycles. The van der Waals surface area contributed by atoms with Gasteiger partial charge in [-0.2, -0.15) is 0 Å². The molecule has 21 heavy (non-hydrogen) atoms. The fourth-order valence-corrected chi connectivity index (χ4v) is 1.98. The van der Waals surface area contributed by atoms with Crippen LogP contribution in [0.1, 0.15) is 37.2 Å². The first kappa shape index (κ1) is 17.4. The molecule has 0 spiro atoms. The molecule has 6 nitrogen and oxygen atoms in total. The number of nitrogens with zero attached hydrogens (tertiary/aromatic N) is 3. The van der Waals surface area contributed by atoms with E-state index >= 15 is 0 Å². The Kier molecular flexibility index (Phi) is 7.08. The average Bonchev–Trinajstić information content (AvgIpc) is 2.51. The first-order chi connectivity index (χ1) is 10.0. The Hall–Kier alpha value is -1.69. The van der Waals surface area contributed by atoms with Crippen molar-refractivity contribution in [3.63, 3.8) is 0 Å². The minimum absolute atomic E-state index is 0.101. The maximum atomic E-state index is 12.4. The van der Waals surface area contributed by atoms with Crippen LogP contribution in [0.4, 0.5) is 0 Å². The van der Waals surface area contributed by atoms with E-state index in [9.17, 15) is 9.59 Å². The van der Waals surface area contributed by atoms with Gasteiger partial charge in [-0.3, -0.25) is 9.59 Å². The topological polar surface area (TPSA) is 72.4 Å². The van der Waals surface area contributed by atoms with Crippen molar-refractivity contribution in [2.24, 2.45) is 5.92 Å². The number of amides is 1. The number of methoxy groups -OCH3 is 1. The monoisotopic (exact) mass is 313 g/mol. The maximum Gasteiger partial charge on any atom is 0.325 e. The number of halogens is 1. The summed E-state index contributed by atoms with van der Waals surface area (Å²) in [6.07, 6.45) is 4.46. The highest BCUT2D eigenvalue weighted by molar-refractivity contribution is 6.29. The Labute approximate surface area is 129 Å². The summed E-state index contributed by atoms with van der Waals surface area (Å²) in [6, 6.07) is 0. The summed E-state index contributed by atoms with van der Waals surface area (Å²) >= 11 is 5.66. The van der Waals surface area contributed by atoms with Crippen molar-refractivity contribution in [3.05, 3.63) is 23.2 Å². The maximum absolute atomic E-state index is 12.4. The summed E-state index contributed by atoms with van der Waals surface area (Å²) in [5, 5.41) is 0.214. The van der Waals surface area contributed by atoms with Crippen molar-refractivity contribution >= 4 is 23.5 Å². The average molecular weight is 314 g/mol. The van der Waals surface area contributed by atoms with E-state index in [-0.39, 0.29) is 23.3 Å². The lowest BCUT2D eigenvalue weighted by molar-refractivity contribution is -0.141. The van der Waals surface area contributed by atoms with E-state index in [4.69, 9.17) is 11.6 Å². The highest BCUT2D eigenvalue weighted by atomic mass is 35.5. The summed E-state index contributed by atoms with van der Waals surface area (Å²) in [7, 11) is 1.30. The molecule has 1 heterocycles. The van der Waals surface area contributed by atoms with Gasteiger partial charge in [0.05, 0.1) is 19.5 Å². The van der Waals surface area contributed by atoms with Crippen molar-refractivity contribution in [2.45, 2.75) is 26.7 Å². The van der Waals surface area contributed by atoms with Crippen LogP contribution in [0, 0.1) is 5.92 Å². The summed E-state index contributed by atoms with van der Waals surface area (Å²) in [5.41, 5.74) is 0.161. The number of aromatic nitrogens is 2. The number of esters is 1. The van der Waals surface area contributed by atoms with E-state index in [2.05, 4.69) is 28.6 Å². The molecule has 0 fully saturated rings. The van der Waals surface area contributed by atoms with E-state index in [1.54, 1.807) is 0 Å². The van der Waals surface area contributed by atoms with Gasteiger partial charge in [0, 0.05) is 6.54 Å². The first-order valence-electron chi connectivity index (χ1n) is 6.85. The molecule has 0 saturated heterocycles. The van der Waals surface area contributed by atoms with Crippen LogP contribution in [-0.2, 0) is 9.53 Å². The quantitative estimate of drug-likeness (QED) is 0.721. The Bertz CT molecular complexity index is 475. The molecule has 0 aliphatic rings. The Morgan fingerprint density at radius 3 is 2.43 bits per heavy atom. The fraction of sp³-hybridized carbons (Fsp3) is 0.571. The molecule has 0 atom stereocenters. The number of hydrogen-bond donors (Lipinski definition) is 0. The molecule has 7 heteroatoms. The zero-order valence-corrected chi connectivity index (χ0v) is 13.3. The summed E-state index contributed by atoms with van der Waals surface area (Å²) < 4.78 is 4.64. The van der Waals surface area contributed by atoms with Gasteiger partial charge in [-0.15, -0.1) is 0 Å². The predicted molar refractivity (Wildman–Crippen MR) is 79.0 cm³/mol. The molecule has 1 aromatic heterocycles. The minimum atomic E-state index is -0.462. The highest BCUT2D eigenvalue weighted by Crippen LogP contribution is 2.12. The van der Waals surface area contributed by atoms with Gasteiger partial charge in [0.15, 0.2) is 0 Å². The van der Waals surface area contributed by atoms with Gasteiger partial charge in [-0.1, -0.05) is 38.3 Å². The largest absolute Gasteiger partial charge is 0.468 e. The van der Waals surface area contributed by atoms with Crippen LogP contribution >= 0.6 is 11.6 Å². The number of hydrogen-bond acceptors (Lipinski definition) is 5. The van der Waals surface area contributed by atoms with Gasteiger partial charge in [0.25, 0.3) is 5.91 Å². The van der Waals surface area contributed by atoms with E-state index in [0.29, 0.717) is 12.5 Å². The van der Waals surface area contributed by atoms with Crippen LogP contribution in [0.15, 0.2) is 12.4 Å². The third-order valence-electron chi connectivity index (χ3n) is 3.31. The summed E-state index contributed by atoms with van der Waals surface area (Å²) in [4.78, 5) is 33.2. The lowest BCUT2D eigenvalue weighted by atomic mass is 10.0. The lowest BCUT2D eigenvalue weighted by Crippen LogP contribution is -2.39. The zero-order chi connectivity index (χ0) is 15.8. The van der Waals surface area contributed by atoms with Crippen molar-refractivity contribution in [3.8, 4) is 0 Å². The molecule has 0 unspecified atom stereocenters. The first-order valence-corrected chi connectivity index (χ1v) is 7.23. The summed E-state index contributed by atoms with van der Waals surface area (Å²) in [5.74, 6) is -0.494. The normalized spacial score (nSPS) is 10.5. The van der Waals surface area contributed by atoms with Gasteiger partial charge in [-0.05, 0) is 5.92 Å². The second-order valence-corrected chi connectivity index (χ2v) is 5.06. The molecule has 1 amide bonds. The number of rotatable bonds is 7. The molecular formula is C14H20ClN3O3. The molecule has 0 saturated carbocycles. The lowest BCUT2D eigenvalue weighted by Gasteiger charge is -2.25. The van der Waals surface area contributed by atoms with Crippen molar-refractivity contribution < 1.29 is 14.3 Å². The van der Waals surface area contributed by atoms with E-state index in [1.807, 2.05) is 0 Å². The van der Waals surface area contributed by atoms with Crippen LogP contribution in [-0.4, -0.2) is 46.9 Å². The molecule has 1 aromatic rings. The van der Waals surface area contributed by atoms with Crippen molar-refractivity contribution in [2.75, 3.05) is 20.2 Å². The standard InChI is InChI=1S/C14H20ClN3O3/c1-4-10(5-2)8-18(9-13(19)21-3)14(20)11-6-17-12(15)7-16-11/h6-7,10H,4-5,8-9H2,1-3H3. The third kappa shape index (κ3) is 5.30. The van der Waals surface area contributed by atoms with E-state index < -0.39 is 5.97 Å². The molecule has 0 aliphatic heterocycles. The number of ether oxygens (including phenoxy) is 1. The molecule has 0 N–H and O–H groups in total. The number of carbonyl (C=O) groups is 2. The van der Waals surface area contributed by atoms with Gasteiger partial charge in [0.2, 0.25) is 0 Å². The Balaban J connectivity index is 2.90. The van der Waals surface area contributed by atoms with Crippen molar-refractivity contribution in [1.82, 2.24) is 14.9 Å². The van der Waals surface area contributed by atoms with Gasteiger partial charge in [-0.25, -0.2) is 9.97 Å². The summed E-state index contributed by atoms with van der Waals surface area (Å²) in [6.45, 7) is 4.48. The predicted octanol–water partition coefficient (Wildman–Crippen LogP) is 2.18. The van der Waals surface area contributed by atoms with Gasteiger partial charge >= 0.3 is 5.97 Å². The van der Waals surface area contributed by atoms with Crippen LogP contribution < -0.4 is 0 Å². The van der Waals surface area contributed by atoms with E-state index in [1.165, 1.54) is 24.4 Å². The molecular weight excluding hydrogens is 294 g/mol. The minimum Gasteiger partial charge on any atom is -0.468 e. The van der Waals surface area contributed by atoms with Crippen LogP contribution in [0.3, 0.4) is 0 Å². The van der Waals surface area contributed by atoms with Crippen LogP contribution in [0.2, 0.25) is 5.15 Å². The molecule has 0 radical (unpaired) electrons. The van der Waals surface area contributed by atoms with Crippen LogP contribution in [0.25, 0.3) is 0 Å². The smallest absolute Gasteiger partial charge is 0.325 e. The van der Waals surface area contributed by atoms with E-state index in [0.717, 1.165) is 12.8 Å². The molecule has 0 aliphatic carbocycles. The second kappa shape index (κ2) is 8.56. The molecule has 116 valence electrons. The van der Waals surface area contributed by atoms with Crippen LogP contribution in [0.5, 0.6) is 0 Å². The Morgan fingerprint density at radius 1 is 1.29 bits per heavy atom. The highest BCUT2D eigenvalue weighted by Gasteiger charge is 2.23. The van der Waals surface area contributed by atoms with Gasteiger partial charge in [0.1, 0.15) is 17.4 Å². The molecule has 0 bridgehead atoms. The second-order valence-electron chi connectivity index (χ2n) is 4.67. The number of carbonyl (C=O) groups excluding carboxylic acids is 2. The van der Waals surface area contributed by atoms with Gasteiger partial charge < -0.3 is 9.64 Å². The fourth-order valence-electron chi connectivity index (χ4n) is 1.88. The third-order valence-corrected chi connectivity index (χ3v) is 3.50.